The summed E-state index contributed by atoms with van der Waals surface area (Å²) in [6, 6.07) is 0. The molecule has 0 spiro atoms. The Hall–Kier alpha value is -0.630. The van der Waals surface area contributed by atoms with Crippen molar-refractivity contribution in [3.63, 3.8) is 0 Å². The number of piperidine rings is 1. The Labute approximate surface area is 61.3 Å². The lowest BCUT2D eigenvalue weighted by atomic mass is 9.94. The van der Waals surface area contributed by atoms with Gasteiger partial charge >= 0.3 is 0 Å². The lowest BCUT2D eigenvalue weighted by molar-refractivity contribution is -0.118. The van der Waals surface area contributed by atoms with Crippen molar-refractivity contribution in [3.8, 4) is 0 Å². The second-order valence-corrected chi connectivity index (χ2v) is 2.63. The van der Waals surface area contributed by atoms with Crippen LogP contribution in [0.3, 0.4) is 0 Å². The number of allylic oxidation sites excluding steroid dienone is 1. The fourth-order valence-corrected chi connectivity index (χ4v) is 1.27. The third kappa shape index (κ3) is 1.67. The van der Waals surface area contributed by atoms with Crippen molar-refractivity contribution in [3.05, 3.63) is 12.7 Å². The van der Waals surface area contributed by atoms with Gasteiger partial charge in [0.05, 0.1) is 0 Å². The highest BCUT2D eigenvalue weighted by atomic mass is 16.1. The standard InChI is InChI=1S/C8H13NO/c1-2-8(10)7-3-5-9-6-4-7/h2,7,9H,1,3-6H2. The van der Waals surface area contributed by atoms with Crippen molar-refractivity contribution >= 4 is 5.78 Å². The molecule has 0 aromatic carbocycles. The average molecular weight is 139 g/mol. The van der Waals surface area contributed by atoms with Crippen LogP contribution >= 0.6 is 0 Å². The van der Waals surface area contributed by atoms with Crippen molar-refractivity contribution in [1.29, 1.82) is 0 Å². The predicted octanol–water partition coefficient (Wildman–Crippen LogP) is 0.741. The van der Waals surface area contributed by atoms with Gasteiger partial charge in [-0.2, -0.15) is 0 Å². The molecule has 0 aliphatic carbocycles. The fraction of sp³-hybridized carbons (Fsp3) is 0.625. The van der Waals surface area contributed by atoms with Gasteiger partial charge < -0.3 is 5.32 Å². The van der Waals surface area contributed by atoms with Crippen LogP contribution in [-0.2, 0) is 4.79 Å². The molecular formula is C8H13NO. The summed E-state index contributed by atoms with van der Waals surface area (Å²) >= 11 is 0. The molecule has 0 atom stereocenters. The zero-order valence-corrected chi connectivity index (χ0v) is 6.10. The molecule has 0 radical (unpaired) electrons. The number of hydrogen-bond donors (Lipinski definition) is 1. The Bertz CT molecular complexity index is 136. The van der Waals surface area contributed by atoms with Gasteiger partial charge in [0.1, 0.15) is 0 Å². The van der Waals surface area contributed by atoms with Gasteiger partial charge in [-0.05, 0) is 32.0 Å². The Morgan fingerprint density at radius 2 is 2.10 bits per heavy atom. The first-order valence-corrected chi connectivity index (χ1v) is 3.71. The summed E-state index contributed by atoms with van der Waals surface area (Å²) in [6.45, 7) is 5.42. The van der Waals surface area contributed by atoms with Crippen LogP contribution in [0.4, 0.5) is 0 Å². The highest BCUT2D eigenvalue weighted by molar-refractivity contribution is 5.91. The number of nitrogens with one attached hydrogen (secondary N) is 1. The quantitative estimate of drug-likeness (QED) is 0.572. The molecule has 2 heteroatoms. The van der Waals surface area contributed by atoms with Gasteiger partial charge in [-0.15, -0.1) is 0 Å². The Morgan fingerprint density at radius 1 is 1.50 bits per heavy atom. The number of carbonyl (C=O) groups excluding carboxylic acids is 1. The lowest BCUT2D eigenvalue weighted by Crippen LogP contribution is -2.31. The lowest BCUT2D eigenvalue weighted by Gasteiger charge is -2.19. The van der Waals surface area contributed by atoms with E-state index in [0.717, 1.165) is 25.9 Å². The minimum Gasteiger partial charge on any atom is -0.317 e. The Morgan fingerprint density at radius 3 is 2.60 bits per heavy atom. The maximum atomic E-state index is 11.0. The molecule has 0 amide bonds. The molecule has 0 saturated carbocycles. The fourth-order valence-electron chi connectivity index (χ4n) is 1.27. The van der Waals surface area contributed by atoms with Crippen molar-refractivity contribution in [2.45, 2.75) is 12.8 Å². The molecule has 1 heterocycles. The van der Waals surface area contributed by atoms with Crippen LogP contribution in [0.15, 0.2) is 12.7 Å². The van der Waals surface area contributed by atoms with E-state index in [1.54, 1.807) is 0 Å². The van der Waals surface area contributed by atoms with Gasteiger partial charge in [0, 0.05) is 5.92 Å². The molecule has 0 aromatic heterocycles. The highest BCUT2D eigenvalue weighted by Crippen LogP contribution is 2.12. The highest BCUT2D eigenvalue weighted by Gasteiger charge is 2.17. The summed E-state index contributed by atoms with van der Waals surface area (Å²) in [6.07, 6.45) is 3.39. The second kappa shape index (κ2) is 3.52. The molecule has 1 fully saturated rings. The smallest absolute Gasteiger partial charge is 0.158 e. The molecule has 56 valence electrons. The normalized spacial score (nSPS) is 20.4. The third-order valence-corrected chi connectivity index (χ3v) is 1.94. The molecule has 2 nitrogen and oxygen atoms in total. The molecule has 1 aliphatic rings. The van der Waals surface area contributed by atoms with Crippen molar-refractivity contribution < 1.29 is 4.79 Å². The largest absolute Gasteiger partial charge is 0.317 e. The van der Waals surface area contributed by atoms with Crippen LogP contribution in [0.1, 0.15) is 12.8 Å². The maximum absolute atomic E-state index is 11.0. The van der Waals surface area contributed by atoms with E-state index in [1.807, 2.05) is 0 Å². The number of rotatable bonds is 2. The molecular weight excluding hydrogens is 126 g/mol. The second-order valence-electron chi connectivity index (χ2n) is 2.63. The minimum atomic E-state index is 0.210. The van der Waals surface area contributed by atoms with E-state index in [9.17, 15) is 4.79 Å². The first kappa shape index (κ1) is 7.48. The van der Waals surface area contributed by atoms with Crippen LogP contribution in [0.25, 0.3) is 0 Å². The number of hydrogen-bond acceptors (Lipinski definition) is 2. The van der Waals surface area contributed by atoms with E-state index < -0.39 is 0 Å². The molecule has 0 aromatic rings. The predicted molar refractivity (Wildman–Crippen MR) is 40.8 cm³/mol. The van der Waals surface area contributed by atoms with Crippen LogP contribution in [0.5, 0.6) is 0 Å². The monoisotopic (exact) mass is 139 g/mol. The van der Waals surface area contributed by atoms with Crippen LogP contribution in [0.2, 0.25) is 0 Å². The Kier molecular flexibility index (Phi) is 2.63. The molecule has 10 heavy (non-hydrogen) atoms. The van der Waals surface area contributed by atoms with Crippen molar-refractivity contribution in [1.82, 2.24) is 5.32 Å². The number of ketones is 1. The van der Waals surface area contributed by atoms with E-state index in [4.69, 9.17) is 0 Å². The van der Waals surface area contributed by atoms with Gasteiger partial charge in [-0.1, -0.05) is 6.58 Å². The molecule has 0 bridgehead atoms. The maximum Gasteiger partial charge on any atom is 0.158 e. The third-order valence-electron chi connectivity index (χ3n) is 1.94. The molecule has 1 saturated heterocycles. The summed E-state index contributed by atoms with van der Waals surface area (Å²) in [7, 11) is 0. The average Bonchev–Trinajstić information content (AvgIpc) is 2.05. The van der Waals surface area contributed by atoms with Gasteiger partial charge in [0.15, 0.2) is 5.78 Å². The van der Waals surface area contributed by atoms with E-state index >= 15 is 0 Å². The number of carbonyl (C=O) groups is 1. The van der Waals surface area contributed by atoms with Gasteiger partial charge in [0.2, 0.25) is 0 Å². The zero-order valence-electron chi connectivity index (χ0n) is 6.10. The van der Waals surface area contributed by atoms with Gasteiger partial charge in [-0.25, -0.2) is 0 Å². The van der Waals surface area contributed by atoms with Gasteiger partial charge in [-0.3, -0.25) is 4.79 Å². The SMILES string of the molecule is C=CC(=O)C1CCNCC1. The van der Waals surface area contributed by atoms with Gasteiger partial charge in [0.25, 0.3) is 0 Å². The van der Waals surface area contributed by atoms with Crippen LogP contribution < -0.4 is 5.32 Å². The molecule has 1 N–H and O–H groups in total. The van der Waals surface area contributed by atoms with Crippen LogP contribution in [0, 0.1) is 5.92 Å². The topological polar surface area (TPSA) is 29.1 Å². The van der Waals surface area contributed by atoms with Crippen molar-refractivity contribution in [2.24, 2.45) is 5.92 Å². The summed E-state index contributed by atoms with van der Waals surface area (Å²) in [5.74, 6) is 0.459. The van der Waals surface area contributed by atoms with E-state index in [2.05, 4.69) is 11.9 Å². The molecule has 1 rings (SSSR count). The first-order chi connectivity index (χ1) is 4.84. The van der Waals surface area contributed by atoms with E-state index in [-0.39, 0.29) is 11.7 Å². The summed E-state index contributed by atoms with van der Waals surface area (Å²) in [5.41, 5.74) is 0. The minimum absolute atomic E-state index is 0.210. The first-order valence-electron chi connectivity index (χ1n) is 3.71. The van der Waals surface area contributed by atoms with Crippen molar-refractivity contribution in [2.75, 3.05) is 13.1 Å². The molecule has 1 aliphatic heterocycles. The summed E-state index contributed by atoms with van der Waals surface area (Å²) in [4.78, 5) is 11.0. The van der Waals surface area contributed by atoms with E-state index in [1.165, 1.54) is 6.08 Å². The molecule has 0 unspecified atom stereocenters. The summed E-state index contributed by atoms with van der Waals surface area (Å²) < 4.78 is 0. The Balaban J connectivity index is 2.38. The summed E-state index contributed by atoms with van der Waals surface area (Å²) in [5, 5.41) is 3.21. The van der Waals surface area contributed by atoms with E-state index in [0.29, 0.717) is 0 Å². The van der Waals surface area contributed by atoms with Crippen LogP contribution in [-0.4, -0.2) is 18.9 Å². The zero-order chi connectivity index (χ0) is 7.40.